The third kappa shape index (κ3) is 11.3. The molecule has 0 unspecified atom stereocenters. The topological polar surface area (TPSA) is 243 Å². The van der Waals surface area contributed by atoms with E-state index in [0.717, 1.165) is 35.7 Å². The van der Waals surface area contributed by atoms with Gasteiger partial charge in [-0.05, 0) is 37.8 Å². The number of carbonyl (C=O) groups is 6. The van der Waals surface area contributed by atoms with Crippen LogP contribution in [0.2, 0.25) is 0 Å². The molecule has 0 aromatic heterocycles. The van der Waals surface area contributed by atoms with Crippen LogP contribution >= 0.6 is 48.0 Å². The van der Waals surface area contributed by atoms with Crippen molar-refractivity contribution in [2.24, 2.45) is 0 Å². The standard InChI is InChI=1S/C32H32N8O10S4/c41-23(33-35-27(43)19-9-7-11-21(17-19)39(47)48)13-3-1-5-15-37-29(45)25(53-31(37)51)26-30(46)38(32(52)54-26)16-6-2-4-14-24(42)34-36-28(44)20-10-8-12-22(18-20)40(49)50/h7-12,17-18H,1-6,13-16H2,(H,33,41)(H,34,42)(H,35,43)(H,36,44)/b26-25+. The number of amides is 6. The van der Waals surface area contributed by atoms with Gasteiger partial charge in [-0.2, -0.15) is 0 Å². The number of non-ortho nitro benzene ring substituents is 2. The molecule has 2 saturated heterocycles. The minimum Gasteiger partial charge on any atom is -0.293 e. The molecule has 0 spiro atoms. The summed E-state index contributed by atoms with van der Waals surface area (Å²) in [6.45, 7) is 0.539. The highest BCUT2D eigenvalue weighted by Gasteiger charge is 2.41. The van der Waals surface area contributed by atoms with E-state index in [1.807, 2.05) is 0 Å². The minimum atomic E-state index is -0.704. The van der Waals surface area contributed by atoms with Crippen LogP contribution in [0.15, 0.2) is 58.3 Å². The Balaban J connectivity index is 1.13. The van der Waals surface area contributed by atoms with Crippen LogP contribution in [0.3, 0.4) is 0 Å². The predicted octanol–water partition coefficient (Wildman–Crippen LogP) is 3.78. The zero-order chi connectivity index (χ0) is 39.4. The Kier molecular flexibility index (Phi) is 15.1. The van der Waals surface area contributed by atoms with Gasteiger partial charge >= 0.3 is 0 Å². The largest absolute Gasteiger partial charge is 0.293 e. The third-order valence-corrected chi connectivity index (χ3v) is 10.8. The fraction of sp³-hybridized carbons (Fsp3) is 0.312. The van der Waals surface area contributed by atoms with Crippen molar-refractivity contribution in [1.29, 1.82) is 0 Å². The van der Waals surface area contributed by atoms with Gasteiger partial charge in [0.25, 0.3) is 35.0 Å². The molecule has 2 aromatic rings. The van der Waals surface area contributed by atoms with Crippen molar-refractivity contribution in [3.63, 3.8) is 0 Å². The van der Waals surface area contributed by atoms with Gasteiger partial charge in [-0.25, -0.2) is 0 Å². The van der Waals surface area contributed by atoms with Crippen LogP contribution in [0.5, 0.6) is 0 Å². The fourth-order valence-corrected chi connectivity index (χ4v) is 7.74. The molecule has 6 amide bonds. The van der Waals surface area contributed by atoms with Crippen LogP contribution in [0.1, 0.15) is 72.1 Å². The quantitative estimate of drug-likeness (QED) is 0.0620. The number of nitrogens with zero attached hydrogens (tertiary/aromatic N) is 4. The lowest BCUT2D eigenvalue weighted by Crippen LogP contribution is -2.41. The van der Waals surface area contributed by atoms with E-state index < -0.39 is 45.3 Å². The van der Waals surface area contributed by atoms with E-state index in [4.69, 9.17) is 24.4 Å². The summed E-state index contributed by atoms with van der Waals surface area (Å²) >= 11 is 12.9. The molecule has 2 heterocycles. The Morgan fingerprint density at radius 1 is 0.611 bits per heavy atom. The number of thioether (sulfide) groups is 2. The molecule has 0 radical (unpaired) electrons. The number of nitro benzene ring substituents is 2. The first-order valence-electron chi connectivity index (χ1n) is 16.3. The van der Waals surface area contributed by atoms with Crippen LogP contribution in [-0.2, 0) is 19.2 Å². The molecule has 54 heavy (non-hydrogen) atoms. The van der Waals surface area contributed by atoms with Crippen LogP contribution in [0.4, 0.5) is 11.4 Å². The first-order chi connectivity index (χ1) is 25.8. The van der Waals surface area contributed by atoms with Gasteiger partial charge in [0.1, 0.15) is 8.64 Å². The number of carbonyl (C=O) groups excluding carboxylic acids is 6. The lowest BCUT2D eigenvalue weighted by molar-refractivity contribution is -0.385. The molecule has 4 rings (SSSR count). The summed E-state index contributed by atoms with van der Waals surface area (Å²) in [5, 5.41) is 21.8. The number of hydrogen-bond donors (Lipinski definition) is 4. The van der Waals surface area contributed by atoms with Gasteiger partial charge in [0, 0.05) is 61.3 Å². The number of unbranched alkanes of at least 4 members (excludes halogenated alkanes) is 4. The number of hydrazine groups is 2. The maximum atomic E-state index is 13.2. The molecule has 0 saturated carbocycles. The zero-order valence-corrected chi connectivity index (χ0v) is 31.5. The average Bonchev–Trinajstić information content (AvgIpc) is 3.60. The molecule has 2 aliphatic rings. The second kappa shape index (κ2) is 19.7. The van der Waals surface area contributed by atoms with Crippen LogP contribution in [0, 0.1) is 20.2 Å². The first kappa shape index (κ1) is 41.4. The van der Waals surface area contributed by atoms with Crippen molar-refractivity contribution in [1.82, 2.24) is 31.5 Å². The lowest BCUT2D eigenvalue weighted by Gasteiger charge is -2.14. The fourth-order valence-electron chi connectivity index (χ4n) is 4.96. The summed E-state index contributed by atoms with van der Waals surface area (Å²) in [4.78, 5) is 98.9. The highest BCUT2D eigenvalue weighted by molar-refractivity contribution is 8.29. The molecule has 22 heteroatoms. The lowest BCUT2D eigenvalue weighted by atomic mass is 10.2. The molecule has 2 aromatic carbocycles. The van der Waals surface area contributed by atoms with E-state index in [1.165, 1.54) is 46.2 Å². The molecule has 0 bridgehead atoms. The second-order valence-electron chi connectivity index (χ2n) is 11.5. The van der Waals surface area contributed by atoms with E-state index in [0.29, 0.717) is 47.2 Å². The number of rotatable bonds is 16. The Bertz CT molecular complexity index is 1810. The van der Waals surface area contributed by atoms with Crippen molar-refractivity contribution in [2.75, 3.05) is 13.1 Å². The van der Waals surface area contributed by atoms with Gasteiger partial charge in [-0.3, -0.25) is 80.5 Å². The third-order valence-electron chi connectivity index (χ3n) is 7.74. The molecule has 4 N–H and O–H groups in total. The monoisotopic (exact) mass is 816 g/mol. The maximum absolute atomic E-state index is 13.2. The highest BCUT2D eigenvalue weighted by atomic mass is 32.2. The molecule has 2 aliphatic heterocycles. The van der Waals surface area contributed by atoms with Gasteiger partial charge in [0.05, 0.1) is 19.7 Å². The summed E-state index contributed by atoms with van der Waals surface area (Å²) in [6.07, 6.45) is 3.16. The Hall–Kier alpha value is -5.32. The highest BCUT2D eigenvalue weighted by Crippen LogP contribution is 2.42. The molecular weight excluding hydrogens is 785 g/mol. The molecule has 284 valence electrons. The molecule has 18 nitrogen and oxygen atoms in total. The minimum absolute atomic E-state index is 0.0140. The SMILES string of the molecule is O=C(CCCCCN1C(=O)/C(=C2\SC(=S)N(CCCCCC(=O)NNC(=O)c3cccc([N+](=O)[O-])c3)C2=O)SC1=S)NNC(=O)c1cccc([N+](=O)[O-])c1. The molecule has 2 fully saturated rings. The van der Waals surface area contributed by atoms with Crippen molar-refractivity contribution >= 4 is 103 Å². The maximum Gasteiger partial charge on any atom is 0.270 e. The van der Waals surface area contributed by atoms with Gasteiger partial charge in [-0.1, -0.05) is 72.9 Å². The Morgan fingerprint density at radius 2 is 1.00 bits per heavy atom. The van der Waals surface area contributed by atoms with E-state index in [9.17, 15) is 49.0 Å². The summed E-state index contributed by atoms with van der Waals surface area (Å²) in [5.74, 6) is -3.15. The number of thiocarbonyl (C=S) groups is 2. The first-order valence-corrected chi connectivity index (χ1v) is 18.7. The normalized spacial score (nSPS) is 15.3. The van der Waals surface area contributed by atoms with E-state index in [-0.39, 0.29) is 58.2 Å². The van der Waals surface area contributed by atoms with Gasteiger partial charge in [-0.15, -0.1) is 0 Å². The summed E-state index contributed by atoms with van der Waals surface area (Å²) in [6, 6.07) is 10.1. The average molecular weight is 817 g/mol. The second-order valence-corrected chi connectivity index (χ2v) is 14.8. The van der Waals surface area contributed by atoms with E-state index in [1.54, 1.807) is 0 Å². The van der Waals surface area contributed by atoms with Crippen molar-refractivity contribution in [3.05, 3.63) is 89.7 Å². The predicted molar refractivity (Wildman–Crippen MR) is 205 cm³/mol. The van der Waals surface area contributed by atoms with E-state index >= 15 is 0 Å². The van der Waals surface area contributed by atoms with Crippen molar-refractivity contribution < 1.29 is 38.6 Å². The number of benzene rings is 2. The van der Waals surface area contributed by atoms with Crippen molar-refractivity contribution in [2.45, 2.75) is 51.4 Å². The van der Waals surface area contributed by atoms with Crippen LogP contribution < -0.4 is 21.7 Å². The van der Waals surface area contributed by atoms with Gasteiger partial charge in [0.2, 0.25) is 11.8 Å². The van der Waals surface area contributed by atoms with Gasteiger partial charge in [0.15, 0.2) is 0 Å². The van der Waals surface area contributed by atoms with Gasteiger partial charge < -0.3 is 0 Å². The van der Waals surface area contributed by atoms with E-state index in [2.05, 4.69) is 21.7 Å². The summed E-state index contributed by atoms with van der Waals surface area (Å²) < 4.78 is 0.586. The molecular formula is C32H32N8O10S4. The molecule has 0 aliphatic carbocycles. The van der Waals surface area contributed by atoms with Crippen LogP contribution in [0.25, 0.3) is 0 Å². The summed E-state index contributed by atoms with van der Waals surface area (Å²) in [7, 11) is 0. The number of hydrogen-bond acceptors (Lipinski definition) is 14. The Labute approximate surface area is 326 Å². The Morgan fingerprint density at radius 3 is 1.37 bits per heavy atom. The summed E-state index contributed by atoms with van der Waals surface area (Å²) in [5.41, 5.74) is 8.49. The molecule has 0 atom stereocenters. The van der Waals surface area contributed by atoms with Crippen molar-refractivity contribution in [3.8, 4) is 0 Å². The smallest absolute Gasteiger partial charge is 0.270 e. The van der Waals surface area contributed by atoms with Crippen LogP contribution in [-0.4, -0.2) is 76.8 Å². The zero-order valence-electron chi connectivity index (χ0n) is 28.2. The number of nitrogens with one attached hydrogen (secondary N) is 4. The number of nitro groups is 2.